The highest BCUT2D eigenvalue weighted by Crippen LogP contribution is 2.25. The Balaban J connectivity index is 2.02. The number of nitrogens with zero attached hydrogens (tertiary/aromatic N) is 1. The first kappa shape index (κ1) is 18.8. The van der Waals surface area contributed by atoms with E-state index in [1.54, 1.807) is 19.1 Å². The maximum absolute atomic E-state index is 12.7. The van der Waals surface area contributed by atoms with Crippen molar-refractivity contribution in [3.63, 3.8) is 0 Å². The third-order valence-electron chi connectivity index (χ3n) is 4.66. The molecule has 0 bridgehead atoms. The van der Waals surface area contributed by atoms with Crippen molar-refractivity contribution in [2.24, 2.45) is 5.92 Å². The number of hydrogen-bond donors (Lipinski definition) is 1. The van der Waals surface area contributed by atoms with Crippen LogP contribution in [-0.4, -0.2) is 37.1 Å². The van der Waals surface area contributed by atoms with Crippen LogP contribution >= 0.6 is 0 Å². The number of anilines is 1. The summed E-state index contributed by atoms with van der Waals surface area (Å²) in [4.78, 5) is 14.6. The number of likely N-dealkylation sites (tertiary alicyclic amines) is 1. The third kappa shape index (κ3) is 4.72. The van der Waals surface area contributed by atoms with E-state index in [1.165, 1.54) is 0 Å². The van der Waals surface area contributed by atoms with Gasteiger partial charge in [-0.3, -0.25) is 9.52 Å². The van der Waals surface area contributed by atoms with Crippen molar-refractivity contribution in [2.75, 3.05) is 10.5 Å². The van der Waals surface area contributed by atoms with Gasteiger partial charge in [-0.1, -0.05) is 24.6 Å². The topological polar surface area (TPSA) is 66.5 Å². The Morgan fingerprint density at radius 3 is 2.29 bits per heavy atom. The van der Waals surface area contributed by atoms with E-state index in [0.29, 0.717) is 5.69 Å². The van der Waals surface area contributed by atoms with Crippen molar-refractivity contribution in [1.82, 2.24) is 4.90 Å². The normalized spacial score (nSPS) is 22.9. The summed E-state index contributed by atoms with van der Waals surface area (Å²) in [6, 6.07) is 7.52. The summed E-state index contributed by atoms with van der Waals surface area (Å²) < 4.78 is 27.3. The van der Waals surface area contributed by atoms with Gasteiger partial charge in [0.2, 0.25) is 15.9 Å². The van der Waals surface area contributed by atoms with Gasteiger partial charge < -0.3 is 4.90 Å². The zero-order chi connectivity index (χ0) is 17.9. The molecule has 0 spiro atoms. The fraction of sp³-hybridized carbons (Fsp3) is 0.611. The number of sulfonamides is 1. The Morgan fingerprint density at radius 1 is 1.21 bits per heavy atom. The Hall–Kier alpha value is -1.56. The van der Waals surface area contributed by atoms with Crippen molar-refractivity contribution < 1.29 is 13.2 Å². The third-order valence-corrected chi connectivity index (χ3v) is 6.15. The number of carbonyl (C=O) groups is 1. The molecule has 1 aliphatic heterocycles. The number of rotatable bonds is 5. The Labute approximate surface area is 145 Å². The van der Waals surface area contributed by atoms with Gasteiger partial charge in [0, 0.05) is 17.8 Å². The van der Waals surface area contributed by atoms with Gasteiger partial charge in [-0.25, -0.2) is 8.42 Å². The monoisotopic (exact) mass is 352 g/mol. The second-order valence-electron chi connectivity index (χ2n) is 7.03. The van der Waals surface area contributed by atoms with Crippen LogP contribution in [0.5, 0.6) is 0 Å². The summed E-state index contributed by atoms with van der Waals surface area (Å²) in [7, 11) is -3.56. The average molecular weight is 353 g/mol. The van der Waals surface area contributed by atoms with Crippen LogP contribution in [0.3, 0.4) is 0 Å². The molecule has 1 amide bonds. The highest BCUT2D eigenvalue weighted by Gasteiger charge is 2.33. The molecule has 1 aromatic rings. The molecule has 24 heavy (non-hydrogen) atoms. The number of hydrogen-bond acceptors (Lipinski definition) is 3. The largest absolute Gasteiger partial charge is 0.337 e. The molecule has 0 aliphatic carbocycles. The van der Waals surface area contributed by atoms with Gasteiger partial charge in [0.15, 0.2) is 0 Å². The van der Waals surface area contributed by atoms with Crippen LogP contribution in [0, 0.1) is 12.8 Å². The summed E-state index contributed by atoms with van der Waals surface area (Å²) in [6.07, 6.45) is 3.09. The summed E-state index contributed by atoms with van der Waals surface area (Å²) in [5.41, 5.74) is 1.59. The SMILES string of the molecule is Cc1ccc(NS(=O)(=O)CC(C)C(=O)N2C(C)CCCC2C)cc1. The second kappa shape index (κ2) is 7.55. The maximum Gasteiger partial charge on any atom is 0.233 e. The highest BCUT2D eigenvalue weighted by atomic mass is 32.2. The van der Waals surface area contributed by atoms with Crippen molar-refractivity contribution in [3.05, 3.63) is 29.8 Å². The first-order valence-electron chi connectivity index (χ1n) is 8.59. The molecule has 1 N–H and O–H groups in total. The standard InChI is InChI=1S/C18H28N2O3S/c1-13-8-10-17(11-9-13)19-24(22,23)12-14(2)18(21)20-15(3)6-5-7-16(20)4/h8-11,14-16,19H,5-7,12H2,1-4H3. The molecule has 1 saturated heterocycles. The van der Waals surface area contributed by atoms with E-state index in [9.17, 15) is 13.2 Å². The quantitative estimate of drug-likeness (QED) is 0.885. The first-order valence-corrected chi connectivity index (χ1v) is 10.2. The zero-order valence-corrected chi connectivity index (χ0v) is 15.8. The number of aryl methyl sites for hydroxylation is 1. The molecule has 2 rings (SSSR count). The lowest BCUT2D eigenvalue weighted by atomic mass is 9.96. The van der Waals surface area contributed by atoms with Crippen molar-refractivity contribution in [1.29, 1.82) is 0 Å². The van der Waals surface area contributed by atoms with Gasteiger partial charge in [-0.15, -0.1) is 0 Å². The molecule has 3 atom stereocenters. The minimum Gasteiger partial charge on any atom is -0.337 e. The molecule has 5 nitrogen and oxygen atoms in total. The molecule has 0 saturated carbocycles. The molecule has 134 valence electrons. The van der Waals surface area contributed by atoms with Crippen LogP contribution in [-0.2, 0) is 14.8 Å². The van der Waals surface area contributed by atoms with E-state index in [4.69, 9.17) is 0 Å². The van der Waals surface area contributed by atoms with E-state index in [1.807, 2.05) is 37.8 Å². The fourth-order valence-electron chi connectivity index (χ4n) is 3.35. The molecule has 6 heteroatoms. The van der Waals surface area contributed by atoms with Gasteiger partial charge in [0.05, 0.1) is 11.7 Å². The summed E-state index contributed by atoms with van der Waals surface area (Å²) in [5, 5.41) is 0. The smallest absolute Gasteiger partial charge is 0.233 e. The molecule has 0 aromatic heterocycles. The van der Waals surface area contributed by atoms with Gasteiger partial charge in [-0.2, -0.15) is 0 Å². The van der Waals surface area contributed by atoms with Crippen LogP contribution in [0.4, 0.5) is 5.69 Å². The number of benzene rings is 1. The lowest BCUT2D eigenvalue weighted by Gasteiger charge is -2.40. The van der Waals surface area contributed by atoms with Gasteiger partial charge in [0.1, 0.15) is 0 Å². The van der Waals surface area contributed by atoms with Crippen LogP contribution in [0.15, 0.2) is 24.3 Å². The number of carbonyl (C=O) groups excluding carboxylic acids is 1. The number of piperidine rings is 1. The van der Waals surface area contributed by atoms with Crippen molar-refractivity contribution in [2.45, 2.75) is 59.0 Å². The minimum absolute atomic E-state index is 0.0658. The molecular weight excluding hydrogens is 324 g/mol. The van der Waals surface area contributed by atoms with Gasteiger partial charge in [-0.05, 0) is 52.2 Å². The lowest BCUT2D eigenvalue weighted by Crippen LogP contribution is -2.50. The summed E-state index contributed by atoms with van der Waals surface area (Å²) >= 11 is 0. The Bertz CT molecular complexity index is 660. The number of nitrogens with one attached hydrogen (secondary N) is 1. The summed E-state index contributed by atoms with van der Waals surface area (Å²) in [6.45, 7) is 7.73. The van der Waals surface area contributed by atoms with E-state index in [-0.39, 0.29) is 23.7 Å². The average Bonchev–Trinajstić information content (AvgIpc) is 2.48. The predicted molar refractivity (Wildman–Crippen MR) is 97.4 cm³/mol. The van der Waals surface area contributed by atoms with E-state index >= 15 is 0 Å². The van der Waals surface area contributed by atoms with E-state index in [2.05, 4.69) is 4.72 Å². The molecule has 3 unspecified atom stereocenters. The molecule has 1 aliphatic rings. The van der Waals surface area contributed by atoms with Crippen LogP contribution in [0.1, 0.15) is 45.6 Å². The minimum atomic E-state index is -3.56. The Morgan fingerprint density at radius 2 is 1.75 bits per heavy atom. The van der Waals surface area contributed by atoms with Crippen LogP contribution in [0.25, 0.3) is 0 Å². The molecule has 0 radical (unpaired) electrons. The summed E-state index contributed by atoms with van der Waals surface area (Å²) in [5.74, 6) is -0.824. The van der Waals surface area contributed by atoms with Crippen LogP contribution < -0.4 is 4.72 Å². The molecular formula is C18H28N2O3S. The Kier molecular flexibility index (Phi) is 5.91. The van der Waals surface area contributed by atoms with E-state index < -0.39 is 15.9 Å². The van der Waals surface area contributed by atoms with Gasteiger partial charge >= 0.3 is 0 Å². The highest BCUT2D eigenvalue weighted by molar-refractivity contribution is 7.92. The molecule has 1 aromatic carbocycles. The lowest BCUT2D eigenvalue weighted by molar-refractivity contribution is -0.140. The number of amides is 1. The fourth-order valence-corrected chi connectivity index (χ4v) is 4.73. The first-order chi connectivity index (χ1) is 11.2. The molecule has 1 heterocycles. The van der Waals surface area contributed by atoms with E-state index in [0.717, 1.165) is 24.8 Å². The van der Waals surface area contributed by atoms with Gasteiger partial charge in [0.25, 0.3) is 0 Å². The predicted octanol–water partition coefficient (Wildman–Crippen LogP) is 3.16. The van der Waals surface area contributed by atoms with Crippen molar-refractivity contribution >= 4 is 21.6 Å². The zero-order valence-electron chi connectivity index (χ0n) is 15.0. The van der Waals surface area contributed by atoms with Crippen LogP contribution in [0.2, 0.25) is 0 Å². The second-order valence-corrected chi connectivity index (χ2v) is 8.79. The van der Waals surface area contributed by atoms with Crippen molar-refractivity contribution in [3.8, 4) is 0 Å². The maximum atomic E-state index is 12.7. The molecule has 1 fully saturated rings.